The Labute approximate surface area is 92.1 Å². The summed E-state index contributed by atoms with van der Waals surface area (Å²) < 4.78 is 0. The van der Waals surface area contributed by atoms with Crippen molar-refractivity contribution >= 4 is 5.69 Å². The topological polar surface area (TPSA) is 3.24 Å². The van der Waals surface area contributed by atoms with Gasteiger partial charge in [-0.3, -0.25) is 0 Å². The number of benzene rings is 1. The lowest BCUT2D eigenvalue weighted by Gasteiger charge is -2.54. The molecule has 0 saturated heterocycles. The minimum absolute atomic E-state index is 0.600. The fraction of sp³-hybridized carbons (Fsp3) is 0.571. The zero-order chi connectivity index (χ0) is 10.5. The van der Waals surface area contributed by atoms with Gasteiger partial charge in [-0.15, -0.1) is 0 Å². The van der Waals surface area contributed by atoms with E-state index in [9.17, 15) is 0 Å². The molecule has 0 radical (unpaired) electrons. The van der Waals surface area contributed by atoms with Crippen LogP contribution < -0.4 is 4.90 Å². The van der Waals surface area contributed by atoms with Crippen LogP contribution in [0, 0.1) is 5.41 Å². The average molecular weight is 201 g/mol. The molecule has 1 heterocycles. The number of nitrogens with zero attached hydrogens (tertiary/aromatic N) is 1. The first-order valence-electron chi connectivity index (χ1n) is 6.04. The first-order valence-corrected chi connectivity index (χ1v) is 6.04. The van der Waals surface area contributed by atoms with Gasteiger partial charge in [-0.05, 0) is 43.2 Å². The van der Waals surface area contributed by atoms with Crippen LogP contribution in [0.15, 0.2) is 24.3 Å². The molecule has 3 rings (SSSR count). The monoisotopic (exact) mass is 201 g/mol. The zero-order valence-electron chi connectivity index (χ0n) is 9.66. The fourth-order valence-electron chi connectivity index (χ4n) is 3.38. The van der Waals surface area contributed by atoms with E-state index >= 15 is 0 Å². The summed E-state index contributed by atoms with van der Waals surface area (Å²) in [5.74, 6) is 0. The SMILES string of the molecule is CC1N(C)c2ccccc2CC12CCC2. The molecule has 15 heavy (non-hydrogen) atoms. The van der Waals surface area contributed by atoms with Crippen LogP contribution >= 0.6 is 0 Å². The van der Waals surface area contributed by atoms with E-state index in [0.717, 1.165) is 0 Å². The second kappa shape index (κ2) is 3.01. The summed E-state index contributed by atoms with van der Waals surface area (Å²) in [7, 11) is 2.25. The van der Waals surface area contributed by atoms with Crippen molar-refractivity contribution in [1.29, 1.82) is 0 Å². The van der Waals surface area contributed by atoms with Gasteiger partial charge in [0.05, 0.1) is 0 Å². The quantitative estimate of drug-likeness (QED) is 0.623. The molecule has 1 aromatic carbocycles. The summed E-state index contributed by atoms with van der Waals surface area (Å²) in [5.41, 5.74) is 3.60. The first kappa shape index (κ1) is 9.26. The highest BCUT2D eigenvalue weighted by atomic mass is 15.2. The number of hydrogen-bond donors (Lipinski definition) is 0. The lowest BCUT2D eigenvalue weighted by atomic mass is 9.59. The van der Waals surface area contributed by atoms with Gasteiger partial charge in [0.15, 0.2) is 0 Å². The van der Waals surface area contributed by atoms with Gasteiger partial charge in [0.1, 0.15) is 0 Å². The van der Waals surface area contributed by atoms with Crippen molar-refractivity contribution < 1.29 is 0 Å². The summed E-state index contributed by atoms with van der Waals surface area (Å²) in [6.07, 6.45) is 5.58. The van der Waals surface area contributed by atoms with Gasteiger partial charge in [0, 0.05) is 18.8 Å². The molecule has 1 fully saturated rings. The Kier molecular flexibility index (Phi) is 1.86. The van der Waals surface area contributed by atoms with Crippen molar-refractivity contribution in [2.24, 2.45) is 5.41 Å². The van der Waals surface area contributed by atoms with Gasteiger partial charge < -0.3 is 4.90 Å². The Bertz CT molecular complexity index is 379. The second-order valence-electron chi connectivity index (χ2n) is 5.31. The molecule has 1 aliphatic carbocycles. The van der Waals surface area contributed by atoms with E-state index in [1.54, 1.807) is 5.56 Å². The number of anilines is 1. The molecule has 80 valence electrons. The van der Waals surface area contributed by atoms with Gasteiger partial charge in [0.2, 0.25) is 0 Å². The maximum atomic E-state index is 2.48. The van der Waals surface area contributed by atoms with Crippen molar-refractivity contribution in [3.8, 4) is 0 Å². The molecule has 2 aliphatic rings. The fourth-order valence-corrected chi connectivity index (χ4v) is 3.38. The van der Waals surface area contributed by atoms with Crippen LogP contribution in [0.4, 0.5) is 5.69 Å². The summed E-state index contributed by atoms with van der Waals surface area (Å²) in [5, 5.41) is 0. The Morgan fingerprint density at radius 2 is 2.00 bits per heavy atom. The molecule has 0 amide bonds. The second-order valence-corrected chi connectivity index (χ2v) is 5.31. The Hall–Kier alpha value is -0.980. The highest BCUT2D eigenvalue weighted by Gasteiger charge is 2.46. The average Bonchev–Trinajstić information content (AvgIpc) is 2.21. The predicted molar refractivity (Wildman–Crippen MR) is 64.3 cm³/mol. The van der Waals surface area contributed by atoms with Crippen LogP contribution in [-0.2, 0) is 6.42 Å². The molecule has 1 heteroatoms. The molecule has 0 N–H and O–H groups in total. The molecule has 1 saturated carbocycles. The van der Waals surface area contributed by atoms with E-state index in [1.807, 2.05) is 0 Å². The minimum Gasteiger partial charge on any atom is -0.371 e. The molecule has 1 unspecified atom stereocenters. The highest BCUT2D eigenvalue weighted by Crippen LogP contribution is 2.52. The third kappa shape index (κ3) is 1.15. The summed E-state index contributed by atoms with van der Waals surface area (Å²) >= 11 is 0. The van der Waals surface area contributed by atoms with Crippen molar-refractivity contribution in [1.82, 2.24) is 0 Å². The lowest BCUT2D eigenvalue weighted by molar-refractivity contribution is 0.0925. The van der Waals surface area contributed by atoms with Crippen LogP contribution in [0.25, 0.3) is 0 Å². The molecular weight excluding hydrogens is 182 g/mol. The smallest absolute Gasteiger partial charge is 0.0398 e. The molecule has 1 aromatic rings. The summed E-state index contributed by atoms with van der Waals surface area (Å²) in [6, 6.07) is 9.60. The van der Waals surface area contributed by atoms with Gasteiger partial charge in [-0.25, -0.2) is 0 Å². The third-order valence-electron chi connectivity index (χ3n) is 4.73. The normalized spacial score (nSPS) is 27.3. The Morgan fingerprint density at radius 3 is 2.67 bits per heavy atom. The van der Waals surface area contributed by atoms with Crippen LogP contribution in [0.3, 0.4) is 0 Å². The molecular formula is C14H19N. The van der Waals surface area contributed by atoms with Gasteiger partial charge in [0.25, 0.3) is 0 Å². The number of fused-ring (bicyclic) bond motifs is 1. The first-order chi connectivity index (χ1) is 7.23. The molecule has 1 atom stereocenters. The molecule has 1 spiro atoms. The largest absolute Gasteiger partial charge is 0.371 e. The Balaban J connectivity index is 2.05. The van der Waals surface area contributed by atoms with Crippen LogP contribution in [-0.4, -0.2) is 13.1 Å². The standard InChI is InChI=1S/C14H19N/c1-11-14(8-5-9-14)10-12-6-3-4-7-13(12)15(11)2/h3-4,6-7,11H,5,8-10H2,1-2H3. The van der Waals surface area contributed by atoms with Crippen molar-refractivity contribution in [3.63, 3.8) is 0 Å². The van der Waals surface area contributed by atoms with Crippen LogP contribution in [0.1, 0.15) is 31.7 Å². The maximum absolute atomic E-state index is 2.48. The predicted octanol–water partition coefficient (Wildman–Crippen LogP) is 3.24. The lowest BCUT2D eigenvalue weighted by Crippen LogP contribution is -2.53. The van der Waals surface area contributed by atoms with Crippen molar-refractivity contribution in [3.05, 3.63) is 29.8 Å². The molecule has 1 aliphatic heterocycles. The van der Waals surface area contributed by atoms with Gasteiger partial charge in [-0.1, -0.05) is 24.6 Å². The summed E-state index contributed by atoms with van der Waals surface area (Å²) in [6.45, 7) is 2.40. The number of hydrogen-bond acceptors (Lipinski definition) is 1. The molecule has 0 aromatic heterocycles. The number of rotatable bonds is 0. The van der Waals surface area contributed by atoms with E-state index in [-0.39, 0.29) is 0 Å². The molecule has 1 nitrogen and oxygen atoms in total. The number of para-hydroxylation sites is 1. The van der Waals surface area contributed by atoms with Gasteiger partial charge in [-0.2, -0.15) is 0 Å². The molecule has 0 bridgehead atoms. The van der Waals surface area contributed by atoms with E-state index in [1.165, 1.54) is 31.4 Å². The van der Waals surface area contributed by atoms with Gasteiger partial charge >= 0.3 is 0 Å². The summed E-state index contributed by atoms with van der Waals surface area (Å²) in [4.78, 5) is 2.48. The Morgan fingerprint density at radius 1 is 1.27 bits per heavy atom. The van der Waals surface area contributed by atoms with E-state index in [0.29, 0.717) is 11.5 Å². The van der Waals surface area contributed by atoms with Crippen LogP contribution in [0.2, 0.25) is 0 Å². The van der Waals surface area contributed by atoms with E-state index in [2.05, 4.69) is 43.1 Å². The highest BCUT2D eigenvalue weighted by molar-refractivity contribution is 5.57. The van der Waals surface area contributed by atoms with Crippen molar-refractivity contribution in [2.45, 2.75) is 38.6 Å². The minimum atomic E-state index is 0.600. The third-order valence-corrected chi connectivity index (χ3v) is 4.73. The van der Waals surface area contributed by atoms with E-state index in [4.69, 9.17) is 0 Å². The maximum Gasteiger partial charge on any atom is 0.0398 e. The van der Waals surface area contributed by atoms with E-state index < -0.39 is 0 Å². The zero-order valence-corrected chi connectivity index (χ0v) is 9.66. The van der Waals surface area contributed by atoms with Crippen LogP contribution in [0.5, 0.6) is 0 Å². The van der Waals surface area contributed by atoms with Crippen molar-refractivity contribution in [2.75, 3.05) is 11.9 Å².